The van der Waals surface area contributed by atoms with Crippen LogP contribution in [-0.4, -0.2) is 16.7 Å². The second-order valence-electron chi connectivity index (χ2n) is 3.10. The van der Waals surface area contributed by atoms with Crippen LogP contribution in [0.25, 0.3) is 10.9 Å². The van der Waals surface area contributed by atoms with Crippen molar-refractivity contribution in [1.29, 1.82) is 0 Å². The monoisotopic (exact) mass is 176 g/mol. The van der Waals surface area contributed by atoms with E-state index in [0.717, 1.165) is 16.6 Å². The Morgan fingerprint density at radius 3 is 2.85 bits per heavy atom. The van der Waals surface area contributed by atoms with E-state index in [9.17, 15) is 0 Å². The third kappa shape index (κ3) is 1.43. The molecule has 0 aliphatic rings. The maximum Gasteiger partial charge on any atom is 0.0683 e. The molecule has 1 heterocycles. The average Bonchev–Trinajstić information content (AvgIpc) is 2.59. The van der Waals surface area contributed by atoms with E-state index in [1.165, 1.54) is 0 Å². The zero-order valence-electron chi connectivity index (χ0n) is 7.20. The molecule has 13 heavy (non-hydrogen) atoms. The number of hydrogen-bond donors (Lipinski definition) is 3. The number of aromatic nitrogens is 1. The van der Waals surface area contributed by atoms with Gasteiger partial charge in [0.2, 0.25) is 0 Å². The minimum atomic E-state index is -0.313. The van der Waals surface area contributed by atoms with Crippen LogP contribution >= 0.6 is 0 Å². The number of aliphatic hydroxyl groups excluding tert-OH is 1. The fraction of sp³-hybridized carbons (Fsp3) is 0.200. The van der Waals surface area contributed by atoms with Crippen molar-refractivity contribution in [2.45, 2.75) is 6.04 Å². The van der Waals surface area contributed by atoms with Gasteiger partial charge < -0.3 is 15.8 Å². The highest BCUT2D eigenvalue weighted by molar-refractivity contribution is 5.80. The van der Waals surface area contributed by atoms with E-state index < -0.39 is 0 Å². The van der Waals surface area contributed by atoms with Gasteiger partial charge in [-0.3, -0.25) is 0 Å². The Bertz CT molecular complexity index is 375. The Morgan fingerprint density at radius 1 is 1.38 bits per heavy atom. The molecule has 0 fully saturated rings. The summed E-state index contributed by atoms with van der Waals surface area (Å²) in [6.45, 7) is -0.0349. The Balaban J connectivity index is 2.49. The lowest BCUT2D eigenvalue weighted by atomic mass is 10.2. The first-order chi connectivity index (χ1) is 6.31. The predicted octanol–water partition coefficient (Wildman–Crippen LogP) is 1.16. The normalized spacial score (nSPS) is 13.4. The molecule has 0 amide bonds. The van der Waals surface area contributed by atoms with Crippen LogP contribution in [0.1, 0.15) is 11.7 Å². The molecular weight excluding hydrogens is 164 g/mol. The molecule has 0 aliphatic heterocycles. The van der Waals surface area contributed by atoms with Crippen molar-refractivity contribution in [2.24, 2.45) is 5.73 Å². The van der Waals surface area contributed by atoms with Crippen LogP contribution in [0.4, 0.5) is 0 Å². The molecule has 68 valence electrons. The number of H-pyrrole nitrogens is 1. The van der Waals surface area contributed by atoms with Gasteiger partial charge in [-0.25, -0.2) is 0 Å². The molecule has 2 aromatic rings. The highest BCUT2D eigenvalue weighted by atomic mass is 16.3. The lowest BCUT2D eigenvalue weighted by Crippen LogP contribution is -2.14. The lowest BCUT2D eigenvalue weighted by molar-refractivity contribution is 0.266. The molecule has 0 bridgehead atoms. The molecule has 4 N–H and O–H groups in total. The fourth-order valence-corrected chi connectivity index (χ4v) is 1.39. The quantitative estimate of drug-likeness (QED) is 0.643. The van der Waals surface area contributed by atoms with Crippen LogP contribution in [0, 0.1) is 0 Å². The summed E-state index contributed by atoms with van der Waals surface area (Å²) in [5, 5.41) is 9.99. The number of aromatic amines is 1. The molecule has 3 heteroatoms. The van der Waals surface area contributed by atoms with Gasteiger partial charge in [-0.15, -0.1) is 0 Å². The van der Waals surface area contributed by atoms with Crippen molar-refractivity contribution in [3.63, 3.8) is 0 Å². The molecule has 0 spiro atoms. The number of aliphatic hydroxyl groups is 1. The van der Waals surface area contributed by atoms with E-state index >= 15 is 0 Å². The summed E-state index contributed by atoms with van der Waals surface area (Å²) in [7, 11) is 0. The van der Waals surface area contributed by atoms with Gasteiger partial charge in [-0.05, 0) is 17.5 Å². The maximum absolute atomic E-state index is 8.87. The molecule has 0 saturated heterocycles. The number of benzene rings is 1. The summed E-state index contributed by atoms with van der Waals surface area (Å²) in [5.41, 5.74) is 7.61. The maximum atomic E-state index is 8.87. The Labute approximate surface area is 76.2 Å². The first-order valence-electron chi connectivity index (χ1n) is 4.25. The average molecular weight is 176 g/mol. The largest absolute Gasteiger partial charge is 0.394 e. The standard InChI is InChI=1S/C10H12N2O/c11-8(6-13)10-5-7-3-1-2-4-9(7)12-10/h1-5,8,12-13H,6,11H2. The van der Waals surface area contributed by atoms with Crippen molar-refractivity contribution in [2.75, 3.05) is 6.61 Å². The molecule has 2 rings (SSSR count). The second-order valence-corrected chi connectivity index (χ2v) is 3.10. The zero-order chi connectivity index (χ0) is 9.26. The van der Waals surface area contributed by atoms with Crippen molar-refractivity contribution in [3.8, 4) is 0 Å². The number of para-hydroxylation sites is 1. The number of rotatable bonds is 2. The van der Waals surface area contributed by atoms with Gasteiger partial charge in [0.05, 0.1) is 12.6 Å². The van der Waals surface area contributed by atoms with Crippen molar-refractivity contribution in [3.05, 3.63) is 36.0 Å². The van der Waals surface area contributed by atoms with Crippen LogP contribution < -0.4 is 5.73 Å². The van der Waals surface area contributed by atoms with Crippen LogP contribution in [-0.2, 0) is 0 Å². The summed E-state index contributed by atoms with van der Waals surface area (Å²) in [6.07, 6.45) is 0. The lowest BCUT2D eigenvalue weighted by Gasteiger charge is -2.03. The molecular formula is C10H12N2O. The molecule has 1 aromatic heterocycles. The van der Waals surface area contributed by atoms with Crippen LogP contribution in [0.3, 0.4) is 0 Å². The minimum Gasteiger partial charge on any atom is -0.394 e. The summed E-state index contributed by atoms with van der Waals surface area (Å²) < 4.78 is 0. The van der Waals surface area contributed by atoms with Gasteiger partial charge in [0, 0.05) is 11.2 Å². The summed E-state index contributed by atoms with van der Waals surface area (Å²) in [5.74, 6) is 0. The first-order valence-corrected chi connectivity index (χ1v) is 4.25. The zero-order valence-corrected chi connectivity index (χ0v) is 7.20. The summed E-state index contributed by atoms with van der Waals surface area (Å²) in [4.78, 5) is 3.16. The third-order valence-corrected chi connectivity index (χ3v) is 2.15. The van der Waals surface area contributed by atoms with E-state index in [1.807, 2.05) is 30.3 Å². The molecule has 0 saturated carbocycles. The van der Waals surface area contributed by atoms with Crippen LogP contribution in [0.2, 0.25) is 0 Å². The SMILES string of the molecule is NC(CO)c1cc2ccccc2[nH]1. The number of fused-ring (bicyclic) bond motifs is 1. The Kier molecular flexibility index (Phi) is 2.04. The number of hydrogen-bond acceptors (Lipinski definition) is 2. The van der Waals surface area contributed by atoms with Gasteiger partial charge >= 0.3 is 0 Å². The summed E-state index contributed by atoms with van der Waals surface area (Å²) in [6, 6.07) is 9.60. The molecule has 1 atom stereocenters. The van der Waals surface area contributed by atoms with Crippen molar-refractivity contribution in [1.82, 2.24) is 4.98 Å². The Hall–Kier alpha value is -1.32. The molecule has 0 radical (unpaired) electrons. The smallest absolute Gasteiger partial charge is 0.0683 e. The van der Waals surface area contributed by atoms with E-state index in [0.29, 0.717) is 0 Å². The topological polar surface area (TPSA) is 62.0 Å². The van der Waals surface area contributed by atoms with E-state index in [2.05, 4.69) is 4.98 Å². The molecule has 3 nitrogen and oxygen atoms in total. The van der Waals surface area contributed by atoms with E-state index in [-0.39, 0.29) is 12.6 Å². The van der Waals surface area contributed by atoms with Gasteiger partial charge in [0.15, 0.2) is 0 Å². The first kappa shape index (κ1) is 8.29. The fourth-order valence-electron chi connectivity index (χ4n) is 1.39. The number of nitrogens with one attached hydrogen (secondary N) is 1. The van der Waals surface area contributed by atoms with Crippen molar-refractivity contribution >= 4 is 10.9 Å². The molecule has 1 aromatic carbocycles. The highest BCUT2D eigenvalue weighted by Crippen LogP contribution is 2.17. The van der Waals surface area contributed by atoms with Gasteiger partial charge in [-0.2, -0.15) is 0 Å². The number of nitrogens with two attached hydrogens (primary N) is 1. The van der Waals surface area contributed by atoms with Gasteiger partial charge in [0.1, 0.15) is 0 Å². The van der Waals surface area contributed by atoms with E-state index in [1.54, 1.807) is 0 Å². The van der Waals surface area contributed by atoms with Crippen molar-refractivity contribution < 1.29 is 5.11 Å². The second kappa shape index (κ2) is 3.20. The van der Waals surface area contributed by atoms with Crippen LogP contribution in [0.5, 0.6) is 0 Å². The van der Waals surface area contributed by atoms with Gasteiger partial charge in [0.25, 0.3) is 0 Å². The molecule has 0 aliphatic carbocycles. The summed E-state index contributed by atoms with van der Waals surface area (Å²) >= 11 is 0. The Morgan fingerprint density at radius 2 is 2.15 bits per heavy atom. The van der Waals surface area contributed by atoms with Crippen LogP contribution in [0.15, 0.2) is 30.3 Å². The van der Waals surface area contributed by atoms with E-state index in [4.69, 9.17) is 10.8 Å². The predicted molar refractivity (Wildman–Crippen MR) is 52.3 cm³/mol. The third-order valence-electron chi connectivity index (χ3n) is 2.15. The molecule has 1 unspecified atom stereocenters. The highest BCUT2D eigenvalue weighted by Gasteiger charge is 2.06. The minimum absolute atomic E-state index is 0.0349. The van der Waals surface area contributed by atoms with Gasteiger partial charge in [-0.1, -0.05) is 18.2 Å².